The van der Waals surface area contributed by atoms with E-state index in [1.165, 1.54) is 0 Å². The smallest absolute Gasteiger partial charge is 0.247 e. The van der Waals surface area contributed by atoms with Gasteiger partial charge in [-0.25, -0.2) is 0 Å². The van der Waals surface area contributed by atoms with Crippen molar-refractivity contribution in [2.75, 3.05) is 37.7 Å². The van der Waals surface area contributed by atoms with Gasteiger partial charge in [0.05, 0.1) is 16.6 Å². The monoisotopic (exact) mass is 581 g/mol. The van der Waals surface area contributed by atoms with Gasteiger partial charge >= 0.3 is 0 Å². The van der Waals surface area contributed by atoms with Crippen LogP contribution in [0, 0.1) is 17.8 Å². The lowest BCUT2D eigenvalue weighted by Crippen LogP contribution is -2.57. The highest BCUT2D eigenvalue weighted by atomic mass is 32.2. The highest BCUT2D eigenvalue weighted by molar-refractivity contribution is 8.02. The van der Waals surface area contributed by atoms with Gasteiger partial charge in [-0.2, -0.15) is 0 Å². The molecule has 4 rings (SSSR count). The molecule has 1 spiro atoms. The Morgan fingerprint density at radius 2 is 1.80 bits per heavy atom. The average Bonchev–Trinajstić information content (AvgIpc) is 3.57. The molecule has 0 aliphatic carbocycles. The first kappa shape index (κ1) is 31.4. The maximum atomic E-state index is 14.5. The van der Waals surface area contributed by atoms with E-state index >= 15 is 0 Å². The molecule has 3 aliphatic heterocycles. The lowest BCUT2D eigenvalue weighted by Gasteiger charge is -2.41. The van der Waals surface area contributed by atoms with Gasteiger partial charge in [0.25, 0.3) is 0 Å². The second kappa shape index (κ2) is 14.1. The van der Waals surface area contributed by atoms with Crippen LogP contribution in [-0.4, -0.2) is 81.5 Å². The molecule has 8 heteroatoms. The third-order valence-electron chi connectivity index (χ3n) is 9.16. The fourth-order valence-electron chi connectivity index (χ4n) is 7.30. The Hall–Kier alpha value is -2.58. The number of amides is 3. The first-order chi connectivity index (χ1) is 19.9. The van der Waals surface area contributed by atoms with Crippen molar-refractivity contribution in [1.82, 2.24) is 9.80 Å². The molecule has 1 N–H and O–H groups in total. The summed E-state index contributed by atoms with van der Waals surface area (Å²) in [5, 5.41) is 9.31. The lowest BCUT2D eigenvalue weighted by atomic mass is 9.65. The Balaban J connectivity index is 1.73. The topological polar surface area (TPSA) is 81.2 Å². The molecule has 224 valence electrons. The van der Waals surface area contributed by atoms with E-state index in [-0.39, 0.29) is 35.5 Å². The molecule has 0 saturated carbocycles. The van der Waals surface area contributed by atoms with Crippen LogP contribution in [0.4, 0.5) is 5.69 Å². The molecule has 41 heavy (non-hydrogen) atoms. The number of carbonyl (C=O) groups is 3. The van der Waals surface area contributed by atoms with E-state index in [0.29, 0.717) is 39.0 Å². The van der Waals surface area contributed by atoms with Crippen LogP contribution in [0.25, 0.3) is 0 Å². The van der Waals surface area contributed by atoms with Gasteiger partial charge in [0.15, 0.2) is 0 Å². The number of aliphatic hydroxyl groups is 1. The number of carbonyl (C=O) groups excluding carboxylic acids is 3. The van der Waals surface area contributed by atoms with Gasteiger partial charge in [0.1, 0.15) is 6.04 Å². The molecule has 3 amide bonds. The largest absolute Gasteiger partial charge is 0.396 e. The van der Waals surface area contributed by atoms with Crippen LogP contribution >= 0.6 is 11.8 Å². The van der Waals surface area contributed by atoms with Crippen molar-refractivity contribution in [2.24, 2.45) is 17.8 Å². The summed E-state index contributed by atoms with van der Waals surface area (Å²) < 4.78 is -0.642. The molecule has 3 fully saturated rings. The number of hydrogen-bond acceptors (Lipinski definition) is 5. The number of rotatable bonds is 16. The van der Waals surface area contributed by atoms with Crippen LogP contribution in [-0.2, 0) is 14.4 Å². The Kier molecular flexibility index (Phi) is 10.8. The van der Waals surface area contributed by atoms with Gasteiger partial charge < -0.3 is 19.8 Å². The van der Waals surface area contributed by atoms with Crippen LogP contribution in [0.3, 0.4) is 0 Å². The van der Waals surface area contributed by atoms with Gasteiger partial charge in [0.2, 0.25) is 17.7 Å². The Bertz CT molecular complexity index is 1100. The molecule has 3 aliphatic rings. The highest BCUT2D eigenvalue weighted by Gasteiger charge is 2.76. The first-order valence-electron chi connectivity index (χ1n) is 15.3. The number of nitrogens with zero attached hydrogens (tertiary/aromatic N) is 3. The number of aliphatic hydroxyl groups excluding tert-OH is 1. The van der Waals surface area contributed by atoms with E-state index in [1.54, 1.807) is 28.8 Å². The molecular formula is C33H47N3O4S. The standard InChI is InChI=1S/C33H47N3O4S/c1-5-8-13-20-34(18-6-2)32(40)29-33-24(4)23-26(41-33)27(28(33)31(39)36(29)21-14-10-15-22-37)30(38)35(19-7-3)25-16-11-9-12-17-25/h6-7,9,11-12,16-17,24,26-29,37H,2-3,5,8,10,13-15,18-23H2,1,4H3/t24?,26-,27+,28-,29?,33?/m0/s1. The minimum atomic E-state index is -0.642. The van der Waals surface area contributed by atoms with E-state index in [0.717, 1.165) is 37.8 Å². The first-order valence-corrected chi connectivity index (χ1v) is 16.2. The average molecular weight is 582 g/mol. The molecule has 3 unspecified atom stereocenters. The molecule has 0 radical (unpaired) electrons. The summed E-state index contributed by atoms with van der Waals surface area (Å²) in [7, 11) is 0. The summed E-state index contributed by atoms with van der Waals surface area (Å²) in [5.41, 5.74) is 0.791. The van der Waals surface area contributed by atoms with Crippen molar-refractivity contribution in [1.29, 1.82) is 0 Å². The minimum absolute atomic E-state index is 0.0118. The van der Waals surface area contributed by atoms with Crippen LogP contribution in [0.1, 0.15) is 58.8 Å². The summed E-state index contributed by atoms with van der Waals surface area (Å²) in [6.07, 6.45) is 9.45. The van der Waals surface area contributed by atoms with Crippen molar-refractivity contribution in [3.8, 4) is 0 Å². The molecule has 6 atom stereocenters. The number of likely N-dealkylation sites (tertiary alicyclic amines) is 1. The van der Waals surface area contributed by atoms with Gasteiger partial charge in [-0.1, -0.05) is 57.0 Å². The molecule has 3 heterocycles. The Morgan fingerprint density at radius 1 is 1.07 bits per heavy atom. The lowest BCUT2D eigenvalue weighted by molar-refractivity contribution is -0.142. The third-order valence-corrected chi connectivity index (χ3v) is 11.2. The van der Waals surface area contributed by atoms with E-state index in [1.807, 2.05) is 40.1 Å². The molecule has 1 aromatic rings. The Labute approximate surface area is 250 Å². The zero-order chi connectivity index (χ0) is 29.6. The maximum Gasteiger partial charge on any atom is 0.247 e. The van der Waals surface area contributed by atoms with Crippen molar-refractivity contribution in [3.63, 3.8) is 0 Å². The number of para-hydroxylation sites is 1. The van der Waals surface area contributed by atoms with Crippen LogP contribution < -0.4 is 4.90 Å². The number of fused-ring (bicyclic) bond motifs is 1. The van der Waals surface area contributed by atoms with Gasteiger partial charge in [-0.05, 0) is 50.2 Å². The van der Waals surface area contributed by atoms with E-state index in [4.69, 9.17) is 0 Å². The SMILES string of the molecule is C=CCN(CCCCC)C(=O)C1N(CCCCCO)C(=O)[C@@H]2[C@H](C(=O)N(CC=C)c3ccccc3)[C@@H]3CC(C)C12S3. The summed E-state index contributed by atoms with van der Waals surface area (Å²) in [5.74, 6) is -1.05. The second-order valence-electron chi connectivity index (χ2n) is 11.7. The predicted octanol–water partition coefficient (Wildman–Crippen LogP) is 4.91. The van der Waals surface area contributed by atoms with Gasteiger partial charge in [0, 0.05) is 43.7 Å². The fourth-order valence-corrected chi connectivity index (χ4v) is 9.71. The van der Waals surface area contributed by atoms with E-state index in [9.17, 15) is 19.5 Å². The summed E-state index contributed by atoms with van der Waals surface area (Å²) in [6.45, 7) is 14.1. The van der Waals surface area contributed by atoms with Crippen LogP contribution in [0.2, 0.25) is 0 Å². The minimum Gasteiger partial charge on any atom is -0.396 e. The molecular weight excluding hydrogens is 534 g/mol. The normalized spacial score (nSPS) is 28.0. The summed E-state index contributed by atoms with van der Waals surface area (Å²) in [4.78, 5) is 48.8. The molecule has 0 aromatic heterocycles. The van der Waals surface area contributed by atoms with Crippen LogP contribution in [0.5, 0.6) is 0 Å². The van der Waals surface area contributed by atoms with Crippen molar-refractivity contribution >= 4 is 35.2 Å². The maximum absolute atomic E-state index is 14.5. The number of benzene rings is 1. The molecule has 7 nitrogen and oxygen atoms in total. The molecule has 3 saturated heterocycles. The summed E-state index contributed by atoms with van der Waals surface area (Å²) >= 11 is 1.73. The second-order valence-corrected chi connectivity index (χ2v) is 13.3. The van der Waals surface area contributed by atoms with Gasteiger partial charge in [-0.15, -0.1) is 24.9 Å². The molecule has 1 aromatic carbocycles. The number of hydrogen-bond donors (Lipinski definition) is 1. The fraction of sp³-hybridized carbons (Fsp3) is 0.606. The van der Waals surface area contributed by atoms with E-state index in [2.05, 4.69) is 27.0 Å². The zero-order valence-electron chi connectivity index (χ0n) is 24.7. The van der Waals surface area contributed by atoms with E-state index < -0.39 is 22.6 Å². The summed E-state index contributed by atoms with van der Waals surface area (Å²) in [6, 6.07) is 8.97. The van der Waals surface area contributed by atoms with Gasteiger partial charge in [-0.3, -0.25) is 14.4 Å². The molecule has 2 bridgehead atoms. The Morgan fingerprint density at radius 3 is 2.46 bits per heavy atom. The number of anilines is 1. The zero-order valence-corrected chi connectivity index (χ0v) is 25.6. The van der Waals surface area contributed by atoms with Crippen LogP contribution in [0.15, 0.2) is 55.6 Å². The predicted molar refractivity (Wildman–Crippen MR) is 167 cm³/mol. The quantitative estimate of drug-likeness (QED) is 0.222. The number of thioether (sulfide) groups is 1. The highest BCUT2D eigenvalue weighted by Crippen LogP contribution is 2.69. The van der Waals surface area contributed by atoms with Crippen molar-refractivity contribution < 1.29 is 19.5 Å². The van der Waals surface area contributed by atoms with Crippen molar-refractivity contribution in [3.05, 3.63) is 55.6 Å². The third kappa shape index (κ3) is 5.87. The number of unbranched alkanes of at least 4 members (excludes halogenated alkanes) is 4. The van der Waals surface area contributed by atoms with Crippen molar-refractivity contribution in [2.45, 2.75) is 74.8 Å².